The second-order valence-electron chi connectivity index (χ2n) is 9.83. The van der Waals surface area contributed by atoms with Gasteiger partial charge in [0.2, 0.25) is 11.8 Å². The van der Waals surface area contributed by atoms with Crippen molar-refractivity contribution in [3.05, 3.63) is 29.8 Å². The van der Waals surface area contributed by atoms with Crippen molar-refractivity contribution in [1.29, 1.82) is 0 Å². The van der Waals surface area contributed by atoms with Crippen LogP contribution in [0.2, 0.25) is 0 Å². The highest BCUT2D eigenvalue weighted by molar-refractivity contribution is 6.10. The molecule has 2 atom stereocenters. The summed E-state index contributed by atoms with van der Waals surface area (Å²) in [4.78, 5) is 37.8. The second kappa shape index (κ2) is 6.85. The summed E-state index contributed by atoms with van der Waals surface area (Å²) in [5.74, 6) is 1.63. The Labute approximate surface area is 171 Å². The monoisotopic (exact) mass is 395 g/mol. The molecule has 6 rings (SSSR count). The smallest absolute Gasteiger partial charge is 0.254 e. The highest BCUT2D eigenvalue weighted by Gasteiger charge is 2.53. The molecular weight excluding hydrogens is 366 g/mol. The average molecular weight is 396 g/mol. The number of carbonyl (C=O) groups is 3. The molecule has 154 valence electrons. The van der Waals surface area contributed by atoms with Crippen LogP contribution in [-0.2, 0) is 9.59 Å². The van der Waals surface area contributed by atoms with Gasteiger partial charge in [0.05, 0.1) is 17.7 Å². The van der Waals surface area contributed by atoms with Crippen LogP contribution in [-0.4, -0.2) is 29.8 Å². The third kappa shape index (κ3) is 3.32. The summed E-state index contributed by atoms with van der Waals surface area (Å²) in [6.45, 7) is 2.13. The van der Waals surface area contributed by atoms with Crippen molar-refractivity contribution in [2.45, 2.75) is 64.0 Å². The molecule has 0 aromatic heterocycles. The summed E-state index contributed by atoms with van der Waals surface area (Å²) in [5.41, 5.74) is 1.13. The van der Waals surface area contributed by atoms with Crippen LogP contribution in [0.3, 0.4) is 0 Å². The Morgan fingerprint density at radius 1 is 1.10 bits per heavy atom. The molecule has 1 heterocycles. The van der Waals surface area contributed by atoms with E-state index in [9.17, 15) is 14.4 Å². The third-order valence-electron chi connectivity index (χ3n) is 7.82. The van der Waals surface area contributed by atoms with Crippen LogP contribution < -0.4 is 16.0 Å². The lowest BCUT2D eigenvalue weighted by molar-refractivity contribution is -0.129. The van der Waals surface area contributed by atoms with Crippen molar-refractivity contribution in [1.82, 2.24) is 10.6 Å². The summed E-state index contributed by atoms with van der Waals surface area (Å²) in [6.07, 6.45) is 7.73. The van der Waals surface area contributed by atoms with Crippen LogP contribution in [0.4, 0.5) is 5.69 Å². The number of rotatable bonds is 4. The van der Waals surface area contributed by atoms with Crippen molar-refractivity contribution in [3.63, 3.8) is 0 Å². The number of para-hydroxylation sites is 1. The molecule has 1 aromatic carbocycles. The van der Waals surface area contributed by atoms with E-state index in [1.165, 1.54) is 38.5 Å². The average Bonchev–Trinajstić information content (AvgIpc) is 2.77. The lowest BCUT2D eigenvalue weighted by Crippen LogP contribution is -2.56. The van der Waals surface area contributed by atoms with Gasteiger partial charge in [-0.15, -0.1) is 0 Å². The quantitative estimate of drug-likeness (QED) is 0.733. The Morgan fingerprint density at radius 3 is 2.38 bits per heavy atom. The normalized spacial score (nSPS) is 35.9. The first-order chi connectivity index (χ1) is 13.9. The molecular formula is C23H29N3O3. The summed E-state index contributed by atoms with van der Waals surface area (Å²) >= 11 is 0. The van der Waals surface area contributed by atoms with Gasteiger partial charge in [0.25, 0.3) is 5.91 Å². The van der Waals surface area contributed by atoms with Gasteiger partial charge in [-0.3, -0.25) is 14.4 Å². The van der Waals surface area contributed by atoms with E-state index in [2.05, 4.69) is 22.9 Å². The molecule has 0 spiro atoms. The van der Waals surface area contributed by atoms with Crippen LogP contribution in [0.25, 0.3) is 0 Å². The molecule has 1 aromatic rings. The fourth-order valence-electron chi connectivity index (χ4n) is 6.80. The molecule has 6 heteroatoms. The van der Waals surface area contributed by atoms with Crippen LogP contribution in [0.15, 0.2) is 24.3 Å². The van der Waals surface area contributed by atoms with Gasteiger partial charge in [-0.05, 0) is 80.8 Å². The lowest BCUT2D eigenvalue weighted by Gasteiger charge is -2.59. The largest absolute Gasteiger partial charge is 0.353 e. The van der Waals surface area contributed by atoms with Crippen LogP contribution in [0.5, 0.6) is 0 Å². The van der Waals surface area contributed by atoms with Crippen molar-refractivity contribution in [2.75, 3.05) is 5.32 Å². The van der Waals surface area contributed by atoms with Gasteiger partial charge in [0.1, 0.15) is 6.04 Å². The number of amides is 3. The van der Waals surface area contributed by atoms with Crippen molar-refractivity contribution >= 4 is 23.4 Å². The molecule has 1 aliphatic heterocycles. The summed E-state index contributed by atoms with van der Waals surface area (Å²) in [7, 11) is 0. The minimum atomic E-state index is -0.863. The van der Waals surface area contributed by atoms with E-state index < -0.39 is 6.04 Å². The molecule has 0 radical (unpaired) electrons. The van der Waals surface area contributed by atoms with Crippen molar-refractivity contribution in [3.8, 4) is 0 Å². The number of hydrogen-bond acceptors (Lipinski definition) is 3. The number of hydrogen-bond donors (Lipinski definition) is 3. The molecule has 3 N–H and O–H groups in total. The zero-order valence-corrected chi connectivity index (χ0v) is 16.9. The van der Waals surface area contributed by atoms with E-state index in [0.29, 0.717) is 11.3 Å². The van der Waals surface area contributed by atoms with Gasteiger partial charge in [0.15, 0.2) is 0 Å². The van der Waals surface area contributed by atoms with Crippen LogP contribution in [0, 0.1) is 23.2 Å². The van der Waals surface area contributed by atoms with Crippen LogP contribution >= 0.6 is 0 Å². The molecule has 5 aliphatic rings. The zero-order valence-electron chi connectivity index (χ0n) is 16.9. The Balaban J connectivity index is 1.24. The predicted octanol–water partition coefficient (Wildman–Crippen LogP) is 2.85. The Hall–Kier alpha value is -2.37. The standard InChI is InChI=1S/C23H29N3O3/c1-13(23-10-14-6-15(11-23)8-16(7-14)12-23)24-20(27)9-19-22(29)25-18-5-3-2-4-17(18)21(28)26-19/h2-5,13-16,19H,6-12H2,1H3,(H,24,27)(H,25,29)(H,26,28)/t13-,14?,15?,16?,19-,23?/m1/s1. The number of fused-ring (bicyclic) bond motifs is 1. The molecule has 4 aliphatic carbocycles. The van der Waals surface area contributed by atoms with Gasteiger partial charge in [-0.2, -0.15) is 0 Å². The Kier molecular flexibility index (Phi) is 4.41. The molecule has 3 amide bonds. The molecule has 4 saturated carbocycles. The van der Waals surface area contributed by atoms with Crippen molar-refractivity contribution in [2.24, 2.45) is 23.2 Å². The second-order valence-corrected chi connectivity index (χ2v) is 9.83. The molecule has 0 saturated heterocycles. The first kappa shape index (κ1) is 18.6. The fraction of sp³-hybridized carbons (Fsp3) is 0.609. The minimum absolute atomic E-state index is 0.0394. The number of benzene rings is 1. The first-order valence-corrected chi connectivity index (χ1v) is 10.9. The Morgan fingerprint density at radius 2 is 1.72 bits per heavy atom. The third-order valence-corrected chi connectivity index (χ3v) is 7.82. The molecule has 4 fully saturated rings. The zero-order chi connectivity index (χ0) is 20.2. The van der Waals surface area contributed by atoms with Gasteiger partial charge >= 0.3 is 0 Å². The maximum Gasteiger partial charge on any atom is 0.254 e. The van der Waals surface area contributed by atoms with E-state index in [-0.39, 0.29) is 35.6 Å². The minimum Gasteiger partial charge on any atom is -0.353 e. The molecule has 29 heavy (non-hydrogen) atoms. The van der Waals surface area contributed by atoms with E-state index in [1.54, 1.807) is 24.3 Å². The highest BCUT2D eigenvalue weighted by atomic mass is 16.2. The summed E-state index contributed by atoms with van der Waals surface area (Å²) in [6, 6.07) is 6.13. The Bertz CT molecular complexity index is 829. The fourth-order valence-corrected chi connectivity index (χ4v) is 6.80. The molecule has 4 bridgehead atoms. The SMILES string of the molecule is C[C@@H](NC(=O)C[C@H]1NC(=O)c2ccccc2NC1=O)C12CC3CC(CC(C3)C1)C2. The molecule has 6 nitrogen and oxygen atoms in total. The number of anilines is 1. The van der Waals surface area contributed by atoms with Gasteiger partial charge in [-0.1, -0.05) is 12.1 Å². The maximum absolute atomic E-state index is 12.8. The first-order valence-electron chi connectivity index (χ1n) is 10.9. The summed E-state index contributed by atoms with van der Waals surface area (Å²) < 4.78 is 0. The van der Waals surface area contributed by atoms with E-state index in [0.717, 1.165) is 17.8 Å². The lowest BCUT2D eigenvalue weighted by atomic mass is 9.48. The van der Waals surface area contributed by atoms with E-state index >= 15 is 0 Å². The van der Waals surface area contributed by atoms with Gasteiger partial charge < -0.3 is 16.0 Å². The topological polar surface area (TPSA) is 87.3 Å². The summed E-state index contributed by atoms with van der Waals surface area (Å²) in [5, 5.41) is 8.67. The number of carbonyl (C=O) groups excluding carboxylic acids is 3. The van der Waals surface area contributed by atoms with Crippen molar-refractivity contribution < 1.29 is 14.4 Å². The van der Waals surface area contributed by atoms with Crippen LogP contribution in [0.1, 0.15) is 62.2 Å². The van der Waals surface area contributed by atoms with Gasteiger partial charge in [-0.25, -0.2) is 0 Å². The highest BCUT2D eigenvalue weighted by Crippen LogP contribution is 2.61. The predicted molar refractivity (Wildman–Crippen MR) is 109 cm³/mol. The number of nitrogens with one attached hydrogen (secondary N) is 3. The molecule has 0 unspecified atom stereocenters. The van der Waals surface area contributed by atoms with E-state index in [1.807, 2.05) is 0 Å². The van der Waals surface area contributed by atoms with E-state index in [4.69, 9.17) is 0 Å². The van der Waals surface area contributed by atoms with Gasteiger partial charge in [0, 0.05) is 6.04 Å². The maximum atomic E-state index is 12.8.